The maximum Gasteiger partial charge on any atom is 0.0957 e. The molecule has 13 heavy (non-hydrogen) atoms. The topological polar surface area (TPSA) is 56.7 Å². The number of nitrogens with two attached hydrogens (primary N) is 1. The standard InChI is InChI=1S/C9H12N4/c1-6(10)8-3-9-7(4-11-8)5-13(2)12-9/h3-6H,10H2,1-2H3/t6-/m1/s1. The molecule has 0 aliphatic rings. The van der Waals surface area contributed by atoms with Crippen molar-refractivity contribution in [3.8, 4) is 0 Å². The van der Waals surface area contributed by atoms with Gasteiger partial charge in [0.2, 0.25) is 0 Å². The minimum atomic E-state index is -0.0357. The summed E-state index contributed by atoms with van der Waals surface area (Å²) in [7, 11) is 1.89. The Balaban J connectivity index is 2.61. The fourth-order valence-electron chi connectivity index (χ4n) is 1.31. The first kappa shape index (κ1) is 8.19. The number of hydrogen-bond acceptors (Lipinski definition) is 3. The number of aryl methyl sites for hydroxylation is 1. The van der Waals surface area contributed by atoms with Crippen LogP contribution in [0.3, 0.4) is 0 Å². The van der Waals surface area contributed by atoms with E-state index in [1.54, 1.807) is 10.9 Å². The van der Waals surface area contributed by atoms with Gasteiger partial charge in [0.15, 0.2) is 0 Å². The molecule has 0 aromatic carbocycles. The number of fused-ring (bicyclic) bond motifs is 1. The third-order valence-electron chi connectivity index (χ3n) is 1.99. The normalized spacial score (nSPS) is 13.5. The van der Waals surface area contributed by atoms with E-state index in [0.717, 1.165) is 16.6 Å². The van der Waals surface area contributed by atoms with Gasteiger partial charge in [-0.1, -0.05) is 0 Å². The largest absolute Gasteiger partial charge is 0.323 e. The minimum absolute atomic E-state index is 0.0357. The molecule has 2 N–H and O–H groups in total. The summed E-state index contributed by atoms with van der Waals surface area (Å²) in [4.78, 5) is 4.24. The van der Waals surface area contributed by atoms with Crippen LogP contribution in [-0.2, 0) is 7.05 Å². The van der Waals surface area contributed by atoms with Crippen molar-refractivity contribution in [2.45, 2.75) is 13.0 Å². The van der Waals surface area contributed by atoms with E-state index >= 15 is 0 Å². The van der Waals surface area contributed by atoms with Gasteiger partial charge in [-0.2, -0.15) is 5.10 Å². The Bertz CT molecular complexity index is 430. The molecule has 0 radical (unpaired) electrons. The lowest BCUT2D eigenvalue weighted by Crippen LogP contribution is -2.06. The highest BCUT2D eigenvalue weighted by atomic mass is 15.2. The van der Waals surface area contributed by atoms with Crippen molar-refractivity contribution in [3.05, 3.63) is 24.2 Å². The van der Waals surface area contributed by atoms with Crippen molar-refractivity contribution in [1.29, 1.82) is 0 Å². The zero-order chi connectivity index (χ0) is 9.42. The summed E-state index contributed by atoms with van der Waals surface area (Å²) in [6, 6.07) is 1.89. The van der Waals surface area contributed by atoms with Crippen LogP contribution < -0.4 is 5.73 Å². The van der Waals surface area contributed by atoms with E-state index in [0.29, 0.717) is 0 Å². The number of hydrogen-bond donors (Lipinski definition) is 1. The summed E-state index contributed by atoms with van der Waals surface area (Å²) in [6.07, 6.45) is 3.74. The Morgan fingerprint density at radius 2 is 2.31 bits per heavy atom. The molecule has 0 saturated heterocycles. The summed E-state index contributed by atoms with van der Waals surface area (Å²) in [5.74, 6) is 0. The maximum absolute atomic E-state index is 5.71. The molecule has 0 spiro atoms. The van der Waals surface area contributed by atoms with E-state index in [4.69, 9.17) is 5.73 Å². The molecule has 4 heteroatoms. The summed E-state index contributed by atoms with van der Waals surface area (Å²) in [5.41, 5.74) is 7.54. The first-order valence-corrected chi connectivity index (χ1v) is 4.21. The quantitative estimate of drug-likeness (QED) is 0.704. The second-order valence-electron chi connectivity index (χ2n) is 3.26. The molecular formula is C9H12N4. The molecule has 2 heterocycles. The fourth-order valence-corrected chi connectivity index (χ4v) is 1.31. The molecule has 0 aliphatic heterocycles. The highest BCUT2D eigenvalue weighted by molar-refractivity contribution is 5.77. The second kappa shape index (κ2) is 2.81. The zero-order valence-corrected chi connectivity index (χ0v) is 7.73. The molecular weight excluding hydrogens is 164 g/mol. The first-order chi connectivity index (χ1) is 6.16. The maximum atomic E-state index is 5.71. The van der Waals surface area contributed by atoms with Crippen LogP contribution in [0.1, 0.15) is 18.7 Å². The van der Waals surface area contributed by atoms with Crippen LogP contribution in [-0.4, -0.2) is 14.8 Å². The Kier molecular flexibility index (Phi) is 1.77. The molecule has 0 fully saturated rings. The monoisotopic (exact) mass is 176 g/mol. The lowest BCUT2D eigenvalue weighted by atomic mass is 10.2. The van der Waals surface area contributed by atoms with Crippen LogP contribution in [0.15, 0.2) is 18.5 Å². The van der Waals surface area contributed by atoms with Gasteiger partial charge in [0, 0.05) is 30.9 Å². The summed E-state index contributed by atoms with van der Waals surface area (Å²) < 4.78 is 1.78. The highest BCUT2D eigenvalue weighted by Gasteiger charge is 2.04. The molecule has 0 saturated carbocycles. The van der Waals surface area contributed by atoms with Crippen molar-refractivity contribution in [1.82, 2.24) is 14.8 Å². The minimum Gasteiger partial charge on any atom is -0.323 e. The Morgan fingerprint density at radius 3 is 3.00 bits per heavy atom. The van der Waals surface area contributed by atoms with E-state index in [1.165, 1.54) is 0 Å². The van der Waals surface area contributed by atoms with Crippen LogP contribution in [0.4, 0.5) is 0 Å². The first-order valence-electron chi connectivity index (χ1n) is 4.21. The molecule has 0 aliphatic carbocycles. The molecule has 2 rings (SSSR count). The third-order valence-corrected chi connectivity index (χ3v) is 1.99. The molecule has 2 aromatic heterocycles. The van der Waals surface area contributed by atoms with Gasteiger partial charge in [-0.3, -0.25) is 9.67 Å². The SMILES string of the molecule is C[C@@H](N)c1cc2nn(C)cc2cn1. The van der Waals surface area contributed by atoms with E-state index in [9.17, 15) is 0 Å². The molecule has 0 bridgehead atoms. The Hall–Kier alpha value is -1.42. The molecule has 2 aromatic rings. The third kappa shape index (κ3) is 1.40. The average molecular weight is 176 g/mol. The van der Waals surface area contributed by atoms with Crippen molar-refractivity contribution in [2.75, 3.05) is 0 Å². The van der Waals surface area contributed by atoms with Gasteiger partial charge in [0.25, 0.3) is 0 Å². The molecule has 0 unspecified atom stereocenters. The summed E-state index contributed by atoms with van der Waals surface area (Å²) in [6.45, 7) is 1.91. The Morgan fingerprint density at radius 1 is 1.54 bits per heavy atom. The van der Waals surface area contributed by atoms with Crippen LogP contribution in [0.5, 0.6) is 0 Å². The number of nitrogens with zero attached hydrogens (tertiary/aromatic N) is 3. The Labute approximate surface area is 76.4 Å². The van der Waals surface area contributed by atoms with Crippen molar-refractivity contribution >= 4 is 10.9 Å². The van der Waals surface area contributed by atoms with Crippen molar-refractivity contribution < 1.29 is 0 Å². The van der Waals surface area contributed by atoms with Gasteiger partial charge in [-0.05, 0) is 13.0 Å². The van der Waals surface area contributed by atoms with Crippen LogP contribution in [0.25, 0.3) is 10.9 Å². The molecule has 4 nitrogen and oxygen atoms in total. The van der Waals surface area contributed by atoms with Gasteiger partial charge in [-0.25, -0.2) is 0 Å². The van der Waals surface area contributed by atoms with Crippen LogP contribution in [0, 0.1) is 0 Å². The van der Waals surface area contributed by atoms with E-state index in [1.807, 2.05) is 26.2 Å². The lowest BCUT2D eigenvalue weighted by molar-refractivity contribution is 0.773. The smallest absolute Gasteiger partial charge is 0.0957 e. The highest BCUT2D eigenvalue weighted by Crippen LogP contribution is 2.14. The number of pyridine rings is 1. The van der Waals surface area contributed by atoms with E-state index < -0.39 is 0 Å². The predicted octanol–water partition coefficient (Wildman–Crippen LogP) is 0.988. The van der Waals surface area contributed by atoms with Gasteiger partial charge in [0.05, 0.1) is 11.2 Å². The van der Waals surface area contributed by atoms with E-state index in [-0.39, 0.29) is 6.04 Å². The predicted molar refractivity (Wildman–Crippen MR) is 51.1 cm³/mol. The second-order valence-corrected chi connectivity index (χ2v) is 3.26. The number of aromatic nitrogens is 3. The van der Waals surface area contributed by atoms with Gasteiger partial charge < -0.3 is 5.73 Å². The van der Waals surface area contributed by atoms with Crippen molar-refractivity contribution in [2.24, 2.45) is 12.8 Å². The fraction of sp³-hybridized carbons (Fsp3) is 0.333. The van der Waals surface area contributed by atoms with Crippen LogP contribution in [0.2, 0.25) is 0 Å². The molecule has 1 atom stereocenters. The lowest BCUT2D eigenvalue weighted by Gasteiger charge is -2.02. The number of rotatable bonds is 1. The van der Waals surface area contributed by atoms with Gasteiger partial charge >= 0.3 is 0 Å². The van der Waals surface area contributed by atoms with Gasteiger partial charge in [-0.15, -0.1) is 0 Å². The average Bonchev–Trinajstić information content (AvgIpc) is 2.42. The summed E-state index contributed by atoms with van der Waals surface area (Å²) in [5, 5.41) is 5.33. The van der Waals surface area contributed by atoms with Gasteiger partial charge in [0.1, 0.15) is 0 Å². The van der Waals surface area contributed by atoms with E-state index in [2.05, 4.69) is 10.1 Å². The van der Waals surface area contributed by atoms with Crippen molar-refractivity contribution in [3.63, 3.8) is 0 Å². The molecule has 68 valence electrons. The van der Waals surface area contributed by atoms with Crippen LogP contribution >= 0.6 is 0 Å². The zero-order valence-electron chi connectivity index (χ0n) is 7.73. The molecule has 0 amide bonds. The summed E-state index contributed by atoms with van der Waals surface area (Å²) >= 11 is 0.